The van der Waals surface area contributed by atoms with E-state index in [1.165, 1.54) is 6.07 Å². The van der Waals surface area contributed by atoms with E-state index in [0.29, 0.717) is 11.2 Å². The molecule has 1 amide bonds. The monoisotopic (exact) mass is 295 g/mol. The van der Waals surface area contributed by atoms with Gasteiger partial charge in [0.15, 0.2) is 11.3 Å². The third-order valence-electron chi connectivity index (χ3n) is 2.74. The van der Waals surface area contributed by atoms with E-state index < -0.39 is 5.97 Å². The van der Waals surface area contributed by atoms with Gasteiger partial charge in [0.25, 0.3) is 0 Å². The summed E-state index contributed by atoms with van der Waals surface area (Å²) in [5.74, 6) is -1.41. The van der Waals surface area contributed by atoms with Crippen LogP contribution in [0, 0.1) is 0 Å². The maximum Gasteiger partial charge on any atom is 0.354 e. The van der Waals surface area contributed by atoms with Gasteiger partial charge < -0.3 is 10.8 Å². The predicted molar refractivity (Wildman–Crippen MR) is 81.5 cm³/mol. The predicted octanol–water partition coefficient (Wildman–Crippen LogP) is 2.11. The Hall–Kier alpha value is -3.28. The Morgan fingerprint density at radius 1 is 0.955 bits per heavy atom. The number of nitrogens with zero attached hydrogens (tertiary/aromatic N) is 2. The summed E-state index contributed by atoms with van der Waals surface area (Å²) in [6.07, 6.45) is 1.58. The first-order valence-corrected chi connectivity index (χ1v) is 6.38. The van der Waals surface area contributed by atoms with Crippen molar-refractivity contribution < 1.29 is 14.7 Å². The molecule has 6 heteroatoms. The lowest BCUT2D eigenvalue weighted by Crippen LogP contribution is -2.09. The Bertz CT molecular complexity index is 804. The largest absolute Gasteiger partial charge is 0.477 e. The van der Waals surface area contributed by atoms with Gasteiger partial charge in [0.1, 0.15) is 0 Å². The summed E-state index contributed by atoms with van der Waals surface area (Å²) in [7, 11) is 0. The van der Waals surface area contributed by atoms with Gasteiger partial charge in [0, 0.05) is 17.1 Å². The molecule has 0 saturated carbocycles. The van der Waals surface area contributed by atoms with Crippen molar-refractivity contribution in [2.45, 2.75) is 0 Å². The van der Waals surface area contributed by atoms with Crippen LogP contribution in [0.4, 0.5) is 0 Å². The molecule has 3 aromatic rings. The molecular formula is C16H13N3O3. The third-order valence-corrected chi connectivity index (χ3v) is 2.74. The van der Waals surface area contributed by atoms with E-state index in [4.69, 9.17) is 10.8 Å². The number of carboxylic acids is 1. The van der Waals surface area contributed by atoms with Crippen molar-refractivity contribution in [3.63, 3.8) is 0 Å². The summed E-state index contributed by atoms with van der Waals surface area (Å²) in [5, 5.41) is 9.49. The highest BCUT2D eigenvalue weighted by atomic mass is 16.4. The highest BCUT2D eigenvalue weighted by Crippen LogP contribution is 2.08. The van der Waals surface area contributed by atoms with Crippen LogP contribution < -0.4 is 5.73 Å². The van der Waals surface area contributed by atoms with Crippen LogP contribution in [-0.2, 0) is 0 Å². The topological polar surface area (TPSA) is 106 Å². The molecule has 0 aliphatic heterocycles. The average molecular weight is 295 g/mol. The number of benzene rings is 1. The van der Waals surface area contributed by atoms with Crippen LogP contribution in [0.25, 0.3) is 11.0 Å². The van der Waals surface area contributed by atoms with E-state index in [0.717, 1.165) is 5.39 Å². The zero-order valence-corrected chi connectivity index (χ0v) is 11.5. The molecule has 0 spiro atoms. The number of carbonyl (C=O) groups is 2. The Labute approximate surface area is 126 Å². The van der Waals surface area contributed by atoms with E-state index in [9.17, 15) is 9.59 Å². The van der Waals surface area contributed by atoms with Crippen LogP contribution in [0.5, 0.6) is 0 Å². The molecule has 0 atom stereocenters. The van der Waals surface area contributed by atoms with Gasteiger partial charge in [-0.25, -0.2) is 14.8 Å². The van der Waals surface area contributed by atoms with Gasteiger partial charge in [-0.1, -0.05) is 18.2 Å². The van der Waals surface area contributed by atoms with Gasteiger partial charge in [-0.05, 0) is 36.4 Å². The lowest BCUT2D eigenvalue weighted by molar-refractivity contribution is 0.0690. The maximum absolute atomic E-state index is 10.6. The van der Waals surface area contributed by atoms with Crippen molar-refractivity contribution in [2.24, 2.45) is 5.73 Å². The van der Waals surface area contributed by atoms with Gasteiger partial charge in [-0.3, -0.25) is 4.79 Å². The summed E-state index contributed by atoms with van der Waals surface area (Å²) in [5.41, 5.74) is 6.01. The normalized spacial score (nSPS) is 9.64. The fraction of sp³-hybridized carbons (Fsp3) is 0. The number of pyridine rings is 2. The van der Waals surface area contributed by atoms with Gasteiger partial charge in [0.2, 0.25) is 5.91 Å². The quantitative estimate of drug-likeness (QED) is 0.753. The van der Waals surface area contributed by atoms with Crippen molar-refractivity contribution in [1.29, 1.82) is 0 Å². The Morgan fingerprint density at radius 3 is 2.27 bits per heavy atom. The summed E-state index contributed by atoms with van der Waals surface area (Å²) in [6, 6.07) is 15.5. The Kier molecular flexibility index (Phi) is 4.77. The second-order valence-corrected chi connectivity index (χ2v) is 4.28. The van der Waals surface area contributed by atoms with E-state index in [1.807, 2.05) is 12.1 Å². The first kappa shape index (κ1) is 15.1. The molecule has 110 valence electrons. The first-order valence-electron chi connectivity index (χ1n) is 6.38. The highest BCUT2D eigenvalue weighted by Gasteiger charge is 2.04. The molecule has 3 rings (SSSR count). The number of hydrogen-bond acceptors (Lipinski definition) is 4. The number of carboxylic acid groups (broad SMARTS) is 1. The number of aromatic carboxylic acids is 1. The van der Waals surface area contributed by atoms with Crippen LogP contribution >= 0.6 is 0 Å². The highest BCUT2D eigenvalue weighted by molar-refractivity contribution is 5.92. The Balaban J connectivity index is 0.000000172. The van der Waals surface area contributed by atoms with E-state index in [2.05, 4.69) is 9.97 Å². The molecule has 0 saturated heterocycles. The molecule has 0 unspecified atom stereocenters. The molecule has 1 aromatic carbocycles. The zero-order valence-electron chi connectivity index (χ0n) is 11.5. The van der Waals surface area contributed by atoms with Gasteiger partial charge in [-0.2, -0.15) is 0 Å². The van der Waals surface area contributed by atoms with Gasteiger partial charge in [-0.15, -0.1) is 0 Å². The molecular weight excluding hydrogens is 282 g/mol. The molecule has 2 aromatic heterocycles. The zero-order chi connectivity index (χ0) is 15.9. The molecule has 0 fully saturated rings. The van der Waals surface area contributed by atoms with Crippen LogP contribution in [0.15, 0.2) is 60.8 Å². The van der Waals surface area contributed by atoms with E-state index in [1.54, 1.807) is 42.6 Å². The van der Waals surface area contributed by atoms with Crippen molar-refractivity contribution >= 4 is 22.9 Å². The number of amides is 1. The summed E-state index contributed by atoms with van der Waals surface area (Å²) < 4.78 is 0. The summed E-state index contributed by atoms with van der Waals surface area (Å²) in [6.45, 7) is 0. The van der Waals surface area contributed by atoms with Gasteiger partial charge in [0.05, 0.1) is 0 Å². The average Bonchev–Trinajstić information content (AvgIpc) is 2.55. The minimum Gasteiger partial charge on any atom is -0.477 e. The SMILES string of the molecule is NC(=O)c1ccccc1.O=C(O)c1ccc2cccnc2n1. The smallest absolute Gasteiger partial charge is 0.354 e. The fourth-order valence-electron chi connectivity index (χ4n) is 1.67. The minimum atomic E-state index is -1.03. The number of fused-ring (bicyclic) bond motifs is 1. The van der Waals surface area contributed by atoms with Crippen molar-refractivity contribution in [3.05, 3.63) is 72.1 Å². The third kappa shape index (κ3) is 3.86. The molecule has 0 bridgehead atoms. The standard InChI is InChI=1S/C9H6N2O2.C7H7NO/c12-9(13)7-4-3-6-2-1-5-10-8(6)11-7;8-7(9)6-4-2-1-3-5-6/h1-5H,(H,12,13);1-5H,(H2,8,9). The molecule has 0 aliphatic rings. The van der Waals surface area contributed by atoms with Crippen molar-refractivity contribution in [1.82, 2.24) is 9.97 Å². The van der Waals surface area contributed by atoms with Gasteiger partial charge >= 0.3 is 5.97 Å². The maximum atomic E-state index is 10.6. The molecule has 6 nitrogen and oxygen atoms in total. The molecule has 2 heterocycles. The van der Waals surface area contributed by atoms with Crippen molar-refractivity contribution in [3.8, 4) is 0 Å². The van der Waals surface area contributed by atoms with E-state index >= 15 is 0 Å². The van der Waals surface area contributed by atoms with Crippen LogP contribution in [0.2, 0.25) is 0 Å². The number of hydrogen-bond donors (Lipinski definition) is 2. The van der Waals surface area contributed by atoms with E-state index in [-0.39, 0.29) is 11.6 Å². The number of nitrogens with two attached hydrogens (primary N) is 1. The summed E-state index contributed by atoms with van der Waals surface area (Å²) >= 11 is 0. The first-order chi connectivity index (χ1) is 10.6. The van der Waals surface area contributed by atoms with Crippen LogP contribution in [0.3, 0.4) is 0 Å². The minimum absolute atomic E-state index is 0.0196. The second-order valence-electron chi connectivity index (χ2n) is 4.28. The number of rotatable bonds is 2. The molecule has 22 heavy (non-hydrogen) atoms. The fourth-order valence-corrected chi connectivity index (χ4v) is 1.67. The Morgan fingerprint density at radius 2 is 1.68 bits per heavy atom. The van der Waals surface area contributed by atoms with Crippen molar-refractivity contribution in [2.75, 3.05) is 0 Å². The lowest BCUT2D eigenvalue weighted by Gasteiger charge is -1.96. The molecule has 0 aliphatic carbocycles. The lowest BCUT2D eigenvalue weighted by atomic mass is 10.2. The number of primary amides is 1. The number of aromatic nitrogens is 2. The van der Waals surface area contributed by atoms with Crippen LogP contribution in [0.1, 0.15) is 20.8 Å². The number of carbonyl (C=O) groups excluding carboxylic acids is 1. The van der Waals surface area contributed by atoms with Crippen LogP contribution in [-0.4, -0.2) is 27.0 Å². The second kappa shape index (κ2) is 6.94. The molecule has 0 radical (unpaired) electrons. The molecule has 3 N–H and O–H groups in total. The summed E-state index contributed by atoms with van der Waals surface area (Å²) in [4.78, 5) is 28.8.